The number of benzene rings is 1. The van der Waals surface area contributed by atoms with Crippen LogP contribution in [0.3, 0.4) is 0 Å². The van der Waals surface area contributed by atoms with E-state index in [4.69, 9.17) is 0 Å². The maximum absolute atomic E-state index is 4.27. The lowest BCUT2D eigenvalue weighted by Crippen LogP contribution is -2.18. The minimum Gasteiger partial charge on any atom is -0.355 e. The zero-order chi connectivity index (χ0) is 9.42. The van der Waals surface area contributed by atoms with E-state index in [1.165, 1.54) is 11.1 Å². The van der Waals surface area contributed by atoms with Crippen molar-refractivity contribution in [3.05, 3.63) is 33.8 Å². The Balaban J connectivity index is 2.55. The molecular weight excluding hydrogens is 228 g/mol. The lowest BCUT2D eigenvalue weighted by atomic mass is 10.1. The van der Waals surface area contributed by atoms with Crippen LogP contribution in [-0.4, -0.2) is 24.8 Å². The zero-order valence-electron chi connectivity index (χ0n) is 7.71. The normalized spacial score (nSPS) is 18.1. The Morgan fingerprint density at radius 2 is 2.23 bits per heavy atom. The van der Waals surface area contributed by atoms with E-state index in [1.807, 2.05) is 7.05 Å². The number of fused-ring (bicyclic) bond motifs is 1. The summed E-state index contributed by atoms with van der Waals surface area (Å²) < 4.78 is 1.14. The standard InChI is InChI=1S/C10H11BrN2/c1-12-10-9-4-3-8(11)5-7(9)6-13(10)2/h3-5H,6H2,1-2H3. The van der Waals surface area contributed by atoms with Crippen LogP contribution in [0, 0.1) is 0 Å². The van der Waals surface area contributed by atoms with Gasteiger partial charge in [-0.15, -0.1) is 0 Å². The molecule has 0 atom stereocenters. The van der Waals surface area contributed by atoms with Gasteiger partial charge in [0, 0.05) is 30.7 Å². The minimum absolute atomic E-state index is 0.960. The average molecular weight is 239 g/mol. The molecule has 1 aliphatic heterocycles. The molecule has 0 saturated carbocycles. The van der Waals surface area contributed by atoms with Gasteiger partial charge in [-0.2, -0.15) is 0 Å². The SMILES string of the molecule is CN=C1c2ccc(Br)cc2CN1C. The number of rotatable bonds is 0. The summed E-state index contributed by atoms with van der Waals surface area (Å²) in [5.74, 6) is 1.09. The molecule has 0 N–H and O–H groups in total. The fourth-order valence-corrected chi connectivity index (χ4v) is 2.15. The zero-order valence-corrected chi connectivity index (χ0v) is 9.30. The van der Waals surface area contributed by atoms with Crippen LogP contribution in [0.5, 0.6) is 0 Å². The second-order valence-electron chi connectivity index (χ2n) is 3.20. The molecule has 1 heterocycles. The van der Waals surface area contributed by atoms with Crippen LogP contribution >= 0.6 is 15.9 Å². The van der Waals surface area contributed by atoms with Crippen molar-refractivity contribution in [3.8, 4) is 0 Å². The summed E-state index contributed by atoms with van der Waals surface area (Å²) in [6, 6.07) is 6.33. The maximum Gasteiger partial charge on any atom is 0.131 e. The van der Waals surface area contributed by atoms with E-state index in [9.17, 15) is 0 Å². The maximum atomic E-state index is 4.27. The molecule has 3 heteroatoms. The molecule has 1 aromatic carbocycles. The summed E-state index contributed by atoms with van der Waals surface area (Å²) in [6.07, 6.45) is 0. The van der Waals surface area contributed by atoms with Gasteiger partial charge in [-0.3, -0.25) is 4.99 Å². The Labute approximate surface area is 86.4 Å². The average Bonchev–Trinajstić information content (AvgIpc) is 2.39. The van der Waals surface area contributed by atoms with Gasteiger partial charge in [-0.25, -0.2) is 0 Å². The highest BCUT2D eigenvalue weighted by atomic mass is 79.9. The smallest absolute Gasteiger partial charge is 0.131 e. The minimum atomic E-state index is 0.960. The molecule has 0 spiro atoms. The Morgan fingerprint density at radius 3 is 2.92 bits per heavy atom. The van der Waals surface area contributed by atoms with Gasteiger partial charge in [0.25, 0.3) is 0 Å². The van der Waals surface area contributed by atoms with Crippen molar-refractivity contribution in [3.63, 3.8) is 0 Å². The summed E-state index contributed by atoms with van der Waals surface area (Å²) in [5, 5.41) is 0. The van der Waals surface area contributed by atoms with Gasteiger partial charge in [0.2, 0.25) is 0 Å². The number of hydrogen-bond acceptors (Lipinski definition) is 1. The quantitative estimate of drug-likeness (QED) is 0.678. The molecule has 0 fully saturated rings. The van der Waals surface area contributed by atoms with Crippen LogP contribution in [0.2, 0.25) is 0 Å². The molecule has 2 rings (SSSR count). The van der Waals surface area contributed by atoms with Crippen LogP contribution in [0.25, 0.3) is 0 Å². The summed E-state index contributed by atoms with van der Waals surface area (Å²) in [7, 11) is 3.90. The number of amidine groups is 1. The van der Waals surface area contributed by atoms with E-state index in [0.29, 0.717) is 0 Å². The number of aliphatic imine (C=N–C) groups is 1. The monoisotopic (exact) mass is 238 g/mol. The molecule has 1 aromatic rings. The highest BCUT2D eigenvalue weighted by Crippen LogP contribution is 2.25. The Bertz CT molecular complexity index is 371. The topological polar surface area (TPSA) is 15.6 Å². The van der Waals surface area contributed by atoms with E-state index >= 15 is 0 Å². The first-order valence-electron chi connectivity index (χ1n) is 4.19. The van der Waals surface area contributed by atoms with Crippen molar-refractivity contribution >= 4 is 21.8 Å². The first-order valence-corrected chi connectivity index (χ1v) is 4.98. The van der Waals surface area contributed by atoms with E-state index in [1.54, 1.807) is 0 Å². The van der Waals surface area contributed by atoms with Crippen LogP contribution in [-0.2, 0) is 6.54 Å². The molecule has 0 radical (unpaired) electrons. The second-order valence-corrected chi connectivity index (χ2v) is 4.12. The lowest BCUT2D eigenvalue weighted by molar-refractivity contribution is 0.523. The molecule has 0 saturated heterocycles. The third-order valence-corrected chi connectivity index (χ3v) is 2.78. The summed E-state index contributed by atoms with van der Waals surface area (Å²) in [4.78, 5) is 6.43. The molecule has 0 aliphatic carbocycles. The van der Waals surface area contributed by atoms with Crippen molar-refractivity contribution in [1.29, 1.82) is 0 Å². The van der Waals surface area contributed by atoms with Crippen molar-refractivity contribution in [2.45, 2.75) is 6.54 Å². The van der Waals surface area contributed by atoms with Crippen molar-refractivity contribution in [1.82, 2.24) is 4.90 Å². The van der Waals surface area contributed by atoms with Gasteiger partial charge in [0.1, 0.15) is 5.84 Å². The first kappa shape index (κ1) is 8.75. The molecule has 1 aliphatic rings. The number of halogens is 1. The van der Waals surface area contributed by atoms with Crippen LogP contribution in [0.1, 0.15) is 11.1 Å². The summed E-state index contributed by atoms with van der Waals surface area (Å²) >= 11 is 3.47. The molecule has 68 valence electrons. The van der Waals surface area contributed by atoms with Crippen LogP contribution in [0.4, 0.5) is 0 Å². The summed E-state index contributed by atoms with van der Waals surface area (Å²) in [5.41, 5.74) is 2.60. The second kappa shape index (κ2) is 3.14. The molecule has 0 aromatic heterocycles. The predicted octanol–water partition coefficient (Wildman–Crippen LogP) is 2.27. The van der Waals surface area contributed by atoms with Crippen LogP contribution in [0.15, 0.2) is 27.7 Å². The van der Waals surface area contributed by atoms with Gasteiger partial charge in [0.05, 0.1) is 0 Å². The predicted molar refractivity (Wildman–Crippen MR) is 58.1 cm³/mol. The molecule has 0 bridgehead atoms. The Hall–Kier alpha value is -0.830. The lowest BCUT2D eigenvalue weighted by Gasteiger charge is -2.09. The fraction of sp³-hybridized carbons (Fsp3) is 0.300. The van der Waals surface area contributed by atoms with Gasteiger partial charge in [-0.1, -0.05) is 15.9 Å². The highest BCUT2D eigenvalue weighted by Gasteiger charge is 2.21. The van der Waals surface area contributed by atoms with E-state index in [-0.39, 0.29) is 0 Å². The van der Waals surface area contributed by atoms with E-state index < -0.39 is 0 Å². The van der Waals surface area contributed by atoms with E-state index in [0.717, 1.165) is 16.9 Å². The highest BCUT2D eigenvalue weighted by molar-refractivity contribution is 9.10. The number of hydrogen-bond donors (Lipinski definition) is 0. The summed E-state index contributed by atoms with van der Waals surface area (Å²) in [6.45, 7) is 0.960. The Kier molecular flexibility index (Phi) is 2.12. The van der Waals surface area contributed by atoms with Crippen molar-refractivity contribution in [2.75, 3.05) is 14.1 Å². The van der Waals surface area contributed by atoms with Gasteiger partial charge in [0.15, 0.2) is 0 Å². The van der Waals surface area contributed by atoms with Crippen molar-refractivity contribution < 1.29 is 0 Å². The third-order valence-electron chi connectivity index (χ3n) is 2.29. The van der Waals surface area contributed by atoms with Gasteiger partial charge < -0.3 is 4.90 Å². The number of nitrogens with zero attached hydrogens (tertiary/aromatic N) is 2. The van der Waals surface area contributed by atoms with Crippen molar-refractivity contribution in [2.24, 2.45) is 4.99 Å². The fourth-order valence-electron chi connectivity index (χ4n) is 1.74. The Morgan fingerprint density at radius 1 is 1.46 bits per heavy atom. The third kappa shape index (κ3) is 1.37. The molecule has 0 amide bonds. The largest absolute Gasteiger partial charge is 0.355 e. The molecule has 13 heavy (non-hydrogen) atoms. The first-order chi connectivity index (χ1) is 6.22. The van der Waals surface area contributed by atoms with Gasteiger partial charge >= 0.3 is 0 Å². The molecular formula is C10H11BrN2. The van der Waals surface area contributed by atoms with Crippen LogP contribution < -0.4 is 0 Å². The molecule has 0 unspecified atom stereocenters. The van der Waals surface area contributed by atoms with E-state index in [2.05, 4.69) is 51.1 Å². The van der Waals surface area contributed by atoms with Gasteiger partial charge in [-0.05, 0) is 23.8 Å². The molecule has 2 nitrogen and oxygen atoms in total.